The van der Waals surface area contributed by atoms with Gasteiger partial charge in [0, 0.05) is 0 Å². The molecule has 1 aliphatic carbocycles. The first kappa shape index (κ1) is 42.1. The molecule has 0 heteroatoms. The van der Waals surface area contributed by atoms with Crippen LogP contribution in [0.5, 0.6) is 0 Å². The fourth-order valence-electron chi connectivity index (χ4n) is 14.8. The van der Waals surface area contributed by atoms with Crippen molar-refractivity contribution in [2.75, 3.05) is 0 Å². The van der Waals surface area contributed by atoms with Gasteiger partial charge < -0.3 is 0 Å². The van der Waals surface area contributed by atoms with Crippen molar-refractivity contribution in [2.45, 2.75) is 0 Å². The molecule has 0 unspecified atom stereocenters. The van der Waals surface area contributed by atoms with Crippen LogP contribution in [0, 0.1) is 0 Å². The molecule has 0 spiro atoms. The number of hydrogen-bond donors (Lipinski definition) is 0. The maximum Gasteiger partial charge on any atom is -0.000697 e. The van der Waals surface area contributed by atoms with Gasteiger partial charge in [-0.25, -0.2) is 0 Å². The van der Waals surface area contributed by atoms with Crippen molar-refractivity contribution in [3.8, 4) is 77.9 Å². The van der Waals surface area contributed by atoms with Crippen LogP contribution in [0.25, 0.3) is 186 Å². The van der Waals surface area contributed by atoms with Crippen LogP contribution in [0.1, 0.15) is 0 Å². The molecule has 0 nitrogen and oxygen atoms in total. The Morgan fingerprint density at radius 3 is 1.22 bits per heavy atom. The van der Waals surface area contributed by atoms with Crippen LogP contribution in [-0.2, 0) is 0 Å². The van der Waals surface area contributed by atoms with Gasteiger partial charge in [-0.05, 0) is 210 Å². The first-order chi connectivity index (χ1) is 38.7. The van der Waals surface area contributed by atoms with Gasteiger partial charge in [-0.1, -0.05) is 243 Å². The van der Waals surface area contributed by atoms with Crippen molar-refractivity contribution >= 4 is 108 Å². The van der Waals surface area contributed by atoms with E-state index in [4.69, 9.17) is 0 Å². The van der Waals surface area contributed by atoms with E-state index >= 15 is 0 Å². The zero-order valence-corrected chi connectivity index (χ0v) is 42.4. The van der Waals surface area contributed by atoms with Gasteiger partial charge in [0.25, 0.3) is 0 Å². The van der Waals surface area contributed by atoms with E-state index in [2.05, 4.69) is 267 Å². The maximum absolute atomic E-state index is 2.54. The minimum atomic E-state index is 1.20. The van der Waals surface area contributed by atoms with E-state index in [1.807, 2.05) is 0 Å². The quantitative estimate of drug-likeness (QED) is 0.151. The monoisotopic (exact) mass is 980 g/mol. The number of hydrogen-bond acceptors (Lipinski definition) is 0. The largest absolute Gasteiger partial charge is 0.0622 e. The molecular weight excluding hydrogens is 937 g/mol. The van der Waals surface area contributed by atoms with E-state index in [9.17, 15) is 0 Å². The molecule has 18 rings (SSSR count). The molecule has 0 heterocycles. The lowest BCUT2D eigenvalue weighted by Crippen LogP contribution is -1.94. The summed E-state index contributed by atoms with van der Waals surface area (Å²) >= 11 is 0. The summed E-state index contributed by atoms with van der Waals surface area (Å²) in [5.41, 5.74) is 17.8. The highest BCUT2D eigenvalue weighted by Crippen LogP contribution is 2.59. The molecular formula is C78H44. The predicted octanol–water partition coefficient (Wildman–Crippen LogP) is 22.1. The molecule has 0 aliphatic heterocycles. The Hall–Kier alpha value is -10.1. The second-order valence-electron chi connectivity index (χ2n) is 21.6. The van der Waals surface area contributed by atoms with E-state index in [0.717, 1.165) is 0 Å². The Balaban J connectivity index is 0.960. The second-order valence-corrected chi connectivity index (χ2v) is 21.6. The van der Waals surface area contributed by atoms with E-state index in [1.54, 1.807) is 0 Å². The lowest BCUT2D eigenvalue weighted by molar-refractivity contribution is 1.61. The molecule has 0 amide bonds. The Morgan fingerprint density at radius 1 is 0.141 bits per heavy atom. The van der Waals surface area contributed by atoms with Gasteiger partial charge in [0.2, 0.25) is 0 Å². The number of rotatable bonds is 5. The van der Waals surface area contributed by atoms with E-state index in [-0.39, 0.29) is 0 Å². The fraction of sp³-hybridized carbons (Fsp3) is 0. The summed E-state index contributed by atoms with van der Waals surface area (Å²) in [6.45, 7) is 0. The molecule has 0 saturated carbocycles. The highest BCUT2D eigenvalue weighted by Gasteiger charge is 2.32. The van der Waals surface area contributed by atoms with Crippen molar-refractivity contribution in [1.82, 2.24) is 0 Å². The topological polar surface area (TPSA) is 0 Å². The van der Waals surface area contributed by atoms with Gasteiger partial charge in [-0.15, -0.1) is 0 Å². The Kier molecular flexibility index (Phi) is 8.49. The third-order valence-electron chi connectivity index (χ3n) is 17.8. The van der Waals surface area contributed by atoms with Gasteiger partial charge in [-0.3, -0.25) is 0 Å². The van der Waals surface area contributed by atoms with Gasteiger partial charge >= 0.3 is 0 Å². The molecule has 17 aromatic carbocycles. The van der Waals surface area contributed by atoms with Gasteiger partial charge in [-0.2, -0.15) is 0 Å². The van der Waals surface area contributed by atoms with Crippen molar-refractivity contribution in [2.24, 2.45) is 0 Å². The van der Waals surface area contributed by atoms with Crippen LogP contribution in [0.2, 0.25) is 0 Å². The molecule has 0 saturated heterocycles. The van der Waals surface area contributed by atoms with Crippen LogP contribution in [0.15, 0.2) is 267 Å². The third kappa shape index (κ3) is 5.58. The van der Waals surface area contributed by atoms with Gasteiger partial charge in [0.15, 0.2) is 0 Å². The zero-order chi connectivity index (χ0) is 50.7. The van der Waals surface area contributed by atoms with Gasteiger partial charge in [0.1, 0.15) is 0 Å². The minimum absolute atomic E-state index is 1.20. The lowest BCUT2D eigenvalue weighted by Gasteiger charge is -2.21. The average molecular weight is 981 g/mol. The third-order valence-corrected chi connectivity index (χ3v) is 17.8. The minimum Gasteiger partial charge on any atom is -0.0622 e. The summed E-state index contributed by atoms with van der Waals surface area (Å²) in [5, 5.41) is 26.0. The Labute approximate surface area is 450 Å². The summed E-state index contributed by atoms with van der Waals surface area (Å²) in [4.78, 5) is 0. The first-order valence-electron chi connectivity index (χ1n) is 27.3. The van der Waals surface area contributed by atoms with Crippen LogP contribution in [-0.4, -0.2) is 0 Å². The van der Waals surface area contributed by atoms with Crippen LogP contribution >= 0.6 is 0 Å². The second kappa shape index (κ2) is 15.7. The fourth-order valence-corrected chi connectivity index (χ4v) is 14.8. The van der Waals surface area contributed by atoms with Crippen molar-refractivity contribution < 1.29 is 0 Å². The smallest absolute Gasteiger partial charge is 0.000697 e. The molecule has 0 atom stereocenters. The number of fused-ring (bicyclic) bond motifs is 14. The molecule has 0 N–H and O–H groups in total. The van der Waals surface area contributed by atoms with Crippen molar-refractivity contribution in [3.63, 3.8) is 0 Å². The van der Waals surface area contributed by atoms with E-state index in [0.29, 0.717) is 0 Å². The summed E-state index contributed by atoms with van der Waals surface area (Å²) in [6, 6.07) is 101. The van der Waals surface area contributed by atoms with Crippen molar-refractivity contribution in [1.29, 1.82) is 0 Å². The highest BCUT2D eigenvalue weighted by atomic mass is 14.3. The molecule has 1 aliphatic rings. The lowest BCUT2D eigenvalue weighted by atomic mass is 9.81. The maximum atomic E-state index is 2.54. The molecule has 0 fully saturated rings. The number of benzene rings is 15. The molecule has 0 radical (unpaired) electrons. The average Bonchev–Trinajstić information content (AvgIpc) is 4.00. The highest BCUT2D eigenvalue weighted by molar-refractivity contribution is 6.46. The summed E-state index contributed by atoms with van der Waals surface area (Å²) < 4.78 is 0. The standard InChI is InChI=1S/C78H44/c1-5-19-46(20-6-1)68-58-40-38-51(42-63(58)69(47-21-7-2-8-22-47)76-60-34-16-28-45-27-15-33-59(67(45)60)75(68)76)50-37-39-53-52(41-50)43-65-73-56(53)31-17-36-62(73)77-70(48-23-9-3-10-24-48)66-44-64-55-30-14-13-29-54(55)57-32-18-35-61(72(57)64)74(66)71(78(65)77)49-25-11-4-12-26-49/h1-44H. The van der Waals surface area contributed by atoms with E-state index in [1.165, 1.54) is 186 Å². The SMILES string of the molecule is c1ccc(-c2c3c(c(-c4ccccc4)c4cc(-c5ccc6c(c5)cc5c7c(-c8ccccc8)c8c(cc9c%10ccccc%10c%10cccc8c%109)c(-c8ccccc8)c7c7cccc6c75)ccc24)-c2cccc4cccc-3c24)cc1. The first-order valence-corrected chi connectivity index (χ1v) is 27.3. The van der Waals surface area contributed by atoms with E-state index < -0.39 is 0 Å². The molecule has 0 aromatic heterocycles. The van der Waals surface area contributed by atoms with Crippen LogP contribution in [0.3, 0.4) is 0 Å². The normalized spacial score (nSPS) is 12.4. The zero-order valence-electron chi connectivity index (χ0n) is 42.4. The Bertz CT molecular complexity index is 5380. The van der Waals surface area contributed by atoms with Gasteiger partial charge in [0.05, 0.1) is 0 Å². The summed E-state index contributed by atoms with van der Waals surface area (Å²) in [6.07, 6.45) is 0. The van der Waals surface area contributed by atoms with Crippen LogP contribution < -0.4 is 0 Å². The molecule has 78 heavy (non-hydrogen) atoms. The predicted molar refractivity (Wildman–Crippen MR) is 335 cm³/mol. The Morgan fingerprint density at radius 2 is 0.590 bits per heavy atom. The summed E-state index contributed by atoms with van der Waals surface area (Å²) in [7, 11) is 0. The molecule has 17 aromatic rings. The van der Waals surface area contributed by atoms with Crippen molar-refractivity contribution in [3.05, 3.63) is 267 Å². The molecule has 356 valence electrons. The summed E-state index contributed by atoms with van der Waals surface area (Å²) in [5.74, 6) is 0. The van der Waals surface area contributed by atoms with Crippen LogP contribution in [0.4, 0.5) is 0 Å². The molecule has 0 bridgehead atoms.